The molecule has 0 aliphatic rings. The number of hydrogen-bond donors (Lipinski definition) is 0. The molecule has 16 heavy (non-hydrogen) atoms. The molecular formula is C11H14N4O. The van der Waals surface area contributed by atoms with Crippen LogP contribution in [-0.4, -0.2) is 25.3 Å². The molecule has 0 bridgehead atoms. The van der Waals surface area contributed by atoms with Gasteiger partial charge in [-0.25, -0.2) is 0 Å². The Morgan fingerprint density at radius 2 is 1.44 bits per heavy atom. The van der Waals surface area contributed by atoms with Crippen molar-refractivity contribution in [3.63, 3.8) is 0 Å². The molecule has 0 amide bonds. The first-order valence-electron chi connectivity index (χ1n) is 5.22. The summed E-state index contributed by atoms with van der Waals surface area (Å²) in [5, 5.41) is 8.13. The highest BCUT2D eigenvalue weighted by Gasteiger charge is 2.22. The third kappa shape index (κ3) is 1.88. The first kappa shape index (κ1) is 10.6. The summed E-state index contributed by atoms with van der Waals surface area (Å²) >= 11 is 0. The standard InChI is InChI=1S/C11H14N4O/c1-9(14-7-3-5-12-14)11(16)10(2)15-8-4-6-13-15/h3-10H,1-2H3. The van der Waals surface area contributed by atoms with Crippen molar-refractivity contribution in [2.75, 3.05) is 0 Å². The van der Waals surface area contributed by atoms with Crippen molar-refractivity contribution in [2.24, 2.45) is 0 Å². The van der Waals surface area contributed by atoms with Crippen LogP contribution in [-0.2, 0) is 4.79 Å². The van der Waals surface area contributed by atoms with E-state index in [1.165, 1.54) is 0 Å². The van der Waals surface area contributed by atoms with Crippen LogP contribution in [0, 0.1) is 0 Å². The maximum Gasteiger partial charge on any atom is 0.181 e. The van der Waals surface area contributed by atoms with E-state index in [1.54, 1.807) is 34.2 Å². The van der Waals surface area contributed by atoms with Gasteiger partial charge in [0.1, 0.15) is 12.1 Å². The van der Waals surface area contributed by atoms with Crippen LogP contribution in [0.3, 0.4) is 0 Å². The third-order valence-corrected chi connectivity index (χ3v) is 2.67. The Morgan fingerprint density at radius 3 is 1.75 bits per heavy atom. The lowest BCUT2D eigenvalue weighted by atomic mass is 10.1. The van der Waals surface area contributed by atoms with Gasteiger partial charge in [-0.2, -0.15) is 10.2 Å². The summed E-state index contributed by atoms with van der Waals surface area (Å²) < 4.78 is 3.31. The molecule has 2 unspecified atom stereocenters. The van der Waals surface area contributed by atoms with Crippen molar-refractivity contribution in [2.45, 2.75) is 25.9 Å². The van der Waals surface area contributed by atoms with Gasteiger partial charge >= 0.3 is 0 Å². The molecule has 2 aromatic heterocycles. The molecule has 84 valence electrons. The Labute approximate surface area is 93.7 Å². The molecular weight excluding hydrogens is 204 g/mol. The average Bonchev–Trinajstić information content (AvgIpc) is 2.97. The largest absolute Gasteiger partial charge is 0.295 e. The van der Waals surface area contributed by atoms with Crippen LogP contribution in [0.2, 0.25) is 0 Å². The lowest BCUT2D eigenvalue weighted by Crippen LogP contribution is -2.25. The fourth-order valence-corrected chi connectivity index (χ4v) is 1.63. The second-order valence-electron chi connectivity index (χ2n) is 3.73. The minimum absolute atomic E-state index is 0.0902. The summed E-state index contributed by atoms with van der Waals surface area (Å²) in [4.78, 5) is 12.1. The molecule has 0 N–H and O–H groups in total. The number of hydrogen-bond acceptors (Lipinski definition) is 3. The first-order valence-corrected chi connectivity index (χ1v) is 5.22. The molecule has 2 heterocycles. The Hall–Kier alpha value is -1.91. The molecule has 0 spiro atoms. The molecule has 5 heteroatoms. The second kappa shape index (κ2) is 4.30. The predicted molar refractivity (Wildman–Crippen MR) is 58.9 cm³/mol. The lowest BCUT2D eigenvalue weighted by molar-refractivity contribution is -0.125. The van der Waals surface area contributed by atoms with Crippen molar-refractivity contribution in [3.05, 3.63) is 36.9 Å². The topological polar surface area (TPSA) is 52.7 Å². The molecule has 0 fully saturated rings. The lowest BCUT2D eigenvalue weighted by Gasteiger charge is -2.16. The van der Waals surface area contributed by atoms with Gasteiger partial charge < -0.3 is 0 Å². The van der Waals surface area contributed by atoms with Gasteiger partial charge in [0.05, 0.1) is 0 Å². The molecule has 5 nitrogen and oxygen atoms in total. The van der Waals surface area contributed by atoms with Gasteiger partial charge in [0.2, 0.25) is 0 Å². The molecule has 2 aromatic rings. The number of nitrogens with zero attached hydrogens (tertiary/aromatic N) is 4. The highest BCUT2D eigenvalue weighted by molar-refractivity contribution is 5.85. The molecule has 2 atom stereocenters. The van der Waals surface area contributed by atoms with Crippen molar-refractivity contribution < 1.29 is 4.79 Å². The number of Topliss-reactive ketones (excluding diaryl/α,β-unsaturated/α-hetero) is 1. The first-order chi connectivity index (χ1) is 7.70. The molecule has 0 saturated carbocycles. The SMILES string of the molecule is CC(C(=O)C(C)n1cccn1)n1cccn1. The highest BCUT2D eigenvalue weighted by atomic mass is 16.1. The van der Waals surface area contributed by atoms with Gasteiger partial charge in [-0.15, -0.1) is 0 Å². The van der Waals surface area contributed by atoms with E-state index in [0.29, 0.717) is 0 Å². The van der Waals surface area contributed by atoms with Crippen molar-refractivity contribution in [3.8, 4) is 0 Å². The Bertz CT molecular complexity index is 404. The van der Waals surface area contributed by atoms with Crippen LogP contribution in [0.1, 0.15) is 25.9 Å². The Kier molecular flexibility index (Phi) is 2.85. The smallest absolute Gasteiger partial charge is 0.181 e. The summed E-state index contributed by atoms with van der Waals surface area (Å²) in [5.41, 5.74) is 0. The van der Waals surface area contributed by atoms with E-state index < -0.39 is 0 Å². The van der Waals surface area contributed by atoms with Crippen LogP contribution in [0.4, 0.5) is 0 Å². The number of ketones is 1. The van der Waals surface area contributed by atoms with E-state index in [1.807, 2.05) is 26.0 Å². The predicted octanol–water partition coefficient (Wildman–Crippen LogP) is 1.47. The van der Waals surface area contributed by atoms with E-state index in [0.717, 1.165) is 0 Å². The maximum atomic E-state index is 12.1. The number of aromatic nitrogens is 4. The molecule has 0 aromatic carbocycles. The number of carbonyl (C=O) groups excluding carboxylic acids is 1. The van der Waals surface area contributed by atoms with E-state index in [-0.39, 0.29) is 17.9 Å². The third-order valence-electron chi connectivity index (χ3n) is 2.67. The molecule has 0 aliphatic heterocycles. The zero-order chi connectivity index (χ0) is 11.5. The second-order valence-corrected chi connectivity index (χ2v) is 3.73. The molecule has 0 radical (unpaired) electrons. The summed E-state index contributed by atoms with van der Waals surface area (Å²) in [5.74, 6) is 0.0902. The van der Waals surface area contributed by atoms with Gasteiger partial charge in [-0.05, 0) is 26.0 Å². The van der Waals surface area contributed by atoms with Gasteiger partial charge in [0.15, 0.2) is 5.78 Å². The van der Waals surface area contributed by atoms with Crippen molar-refractivity contribution >= 4 is 5.78 Å². The maximum absolute atomic E-state index is 12.1. The van der Waals surface area contributed by atoms with Gasteiger partial charge in [-0.3, -0.25) is 14.2 Å². The minimum atomic E-state index is -0.269. The molecule has 2 rings (SSSR count). The monoisotopic (exact) mass is 218 g/mol. The van der Waals surface area contributed by atoms with Crippen LogP contribution in [0.5, 0.6) is 0 Å². The van der Waals surface area contributed by atoms with Crippen molar-refractivity contribution in [1.29, 1.82) is 0 Å². The number of carbonyl (C=O) groups is 1. The fraction of sp³-hybridized carbons (Fsp3) is 0.364. The van der Waals surface area contributed by atoms with Crippen LogP contribution < -0.4 is 0 Å². The van der Waals surface area contributed by atoms with Crippen LogP contribution in [0.25, 0.3) is 0 Å². The highest BCUT2D eigenvalue weighted by Crippen LogP contribution is 2.15. The van der Waals surface area contributed by atoms with E-state index in [2.05, 4.69) is 10.2 Å². The normalized spacial score (nSPS) is 14.6. The van der Waals surface area contributed by atoms with Crippen LogP contribution >= 0.6 is 0 Å². The van der Waals surface area contributed by atoms with E-state index >= 15 is 0 Å². The average molecular weight is 218 g/mol. The van der Waals surface area contributed by atoms with Crippen molar-refractivity contribution in [1.82, 2.24) is 19.6 Å². The van der Waals surface area contributed by atoms with Gasteiger partial charge in [-0.1, -0.05) is 0 Å². The molecule has 0 aliphatic carbocycles. The summed E-state index contributed by atoms with van der Waals surface area (Å²) in [6.45, 7) is 3.69. The fourth-order valence-electron chi connectivity index (χ4n) is 1.63. The summed E-state index contributed by atoms with van der Waals surface area (Å²) in [6.07, 6.45) is 6.92. The zero-order valence-corrected chi connectivity index (χ0v) is 9.32. The van der Waals surface area contributed by atoms with E-state index in [9.17, 15) is 4.79 Å². The molecule has 0 saturated heterocycles. The van der Waals surface area contributed by atoms with E-state index in [4.69, 9.17) is 0 Å². The Morgan fingerprint density at radius 1 is 1.00 bits per heavy atom. The summed E-state index contributed by atoms with van der Waals surface area (Å²) in [6, 6.07) is 3.08. The minimum Gasteiger partial charge on any atom is -0.295 e. The Balaban J connectivity index is 2.14. The quantitative estimate of drug-likeness (QED) is 0.780. The van der Waals surface area contributed by atoms with Gasteiger partial charge in [0, 0.05) is 24.8 Å². The van der Waals surface area contributed by atoms with Crippen LogP contribution in [0.15, 0.2) is 36.9 Å². The van der Waals surface area contributed by atoms with Gasteiger partial charge in [0.25, 0.3) is 0 Å². The number of rotatable bonds is 4. The summed E-state index contributed by atoms with van der Waals surface area (Å²) in [7, 11) is 0. The zero-order valence-electron chi connectivity index (χ0n) is 9.32.